The van der Waals surface area contributed by atoms with E-state index >= 15 is 0 Å². The summed E-state index contributed by atoms with van der Waals surface area (Å²) >= 11 is 0. The number of amides is 1. The van der Waals surface area contributed by atoms with Gasteiger partial charge < -0.3 is 20.6 Å². The van der Waals surface area contributed by atoms with Crippen LogP contribution >= 0.6 is 0 Å². The van der Waals surface area contributed by atoms with Gasteiger partial charge in [0.25, 0.3) is 0 Å². The fourth-order valence-corrected chi connectivity index (χ4v) is 3.50. The molecule has 0 bridgehead atoms. The van der Waals surface area contributed by atoms with Crippen molar-refractivity contribution in [2.45, 2.75) is 32.2 Å². The Kier molecular flexibility index (Phi) is 5.55. The molecule has 1 amide bonds. The van der Waals surface area contributed by atoms with Crippen LogP contribution in [0.25, 0.3) is 11.0 Å². The average Bonchev–Trinajstić information content (AvgIpc) is 2.99. The number of nitrogens with one attached hydrogen (secondary N) is 4. The van der Waals surface area contributed by atoms with Gasteiger partial charge in [0.2, 0.25) is 5.91 Å². The summed E-state index contributed by atoms with van der Waals surface area (Å²) in [7, 11) is 1.99. The molecule has 1 aliphatic rings. The summed E-state index contributed by atoms with van der Waals surface area (Å²) in [6.45, 7) is 4.95. The van der Waals surface area contributed by atoms with Gasteiger partial charge in [-0.1, -0.05) is 0 Å². The van der Waals surface area contributed by atoms with Gasteiger partial charge in [-0.2, -0.15) is 0 Å². The largest absolute Gasteiger partial charge is 0.325 e. The van der Waals surface area contributed by atoms with E-state index in [9.17, 15) is 9.59 Å². The maximum Gasteiger partial charge on any atom is 0.323 e. The Bertz CT molecular complexity index is 773. The number of imidazole rings is 1. The van der Waals surface area contributed by atoms with Gasteiger partial charge >= 0.3 is 5.69 Å². The van der Waals surface area contributed by atoms with Crippen LogP contribution in [0.4, 0.5) is 5.69 Å². The Balaban J connectivity index is 1.56. The lowest BCUT2D eigenvalue weighted by atomic mass is 9.93. The van der Waals surface area contributed by atoms with E-state index in [1.807, 2.05) is 14.0 Å². The number of carbonyl (C=O) groups is 1. The summed E-state index contributed by atoms with van der Waals surface area (Å²) in [5.41, 5.74) is 1.89. The van der Waals surface area contributed by atoms with Crippen molar-refractivity contribution >= 4 is 22.6 Å². The molecule has 2 heterocycles. The Labute approximate surface area is 147 Å². The van der Waals surface area contributed by atoms with E-state index in [4.69, 9.17) is 0 Å². The smallest absolute Gasteiger partial charge is 0.323 e. The van der Waals surface area contributed by atoms with Crippen LogP contribution in [0.5, 0.6) is 0 Å². The third-order valence-electron chi connectivity index (χ3n) is 5.16. The second kappa shape index (κ2) is 7.84. The molecule has 1 aliphatic heterocycles. The molecule has 1 fully saturated rings. The van der Waals surface area contributed by atoms with Gasteiger partial charge in [-0.15, -0.1) is 0 Å². The maximum absolute atomic E-state index is 12.6. The molecule has 1 aromatic carbocycles. The Morgan fingerprint density at radius 2 is 2.00 bits per heavy atom. The number of hydrogen-bond acceptors (Lipinski definition) is 4. The predicted molar refractivity (Wildman–Crippen MR) is 99.9 cm³/mol. The molecule has 7 nitrogen and oxygen atoms in total. The average molecular weight is 345 g/mol. The minimum Gasteiger partial charge on any atom is -0.325 e. The molecule has 1 saturated heterocycles. The molecule has 4 N–H and O–H groups in total. The van der Waals surface area contributed by atoms with E-state index in [2.05, 4.69) is 25.5 Å². The summed E-state index contributed by atoms with van der Waals surface area (Å²) < 4.78 is 0. The Morgan fingerprint density at radius 1 is 1.28 bits per heavy atom. The summed E-state index contributed by atoms with van der Waals surface area (Å²) in [4.78, 5) is 31.5. The number of H-pyrrole nitrogens is 2. The van der Waals surface area contributed by atoms with E-state index in [1.54, 1.807) is 18.2 Å². The lowest BCUT2D eigenvalue weighted by molar-refractivity contribution is -0.121. The molecule has 136 valence electrons. The third-order valence-corrected chi connectivity index (χ3v) is 5.16. The molecular weight excluding hydrogens is 318 g/mol. The van der Waals surface area contributed by atoms with Gasteiger partial charge in [0.1, 0.15) is 0 Å². The maximum atomic E-state index is 12.6. The molecule has 0 spiro atoms. The second-order valence-corrected chi connectivity index (χ2v) is 6.88. The van der Waals surface area contributed by atoms with Crippen molar-refractivity contribution in [1.82, 2.24) is 20.2 Å². The van der Waals surface area contributed by atoms with Crippen LogP contribution in [0.1, 0.15) is 26.2 Å². The van der Waals surface area contributed by atoms with E-state index in [0.29, 0.717) is 11.2 Å². The molecule has 1 atom stereocenters. The first-order valence-corrected chi connectivity index (χ1v) is 8.98. The zero-order valence-corrected chi connectivity index (χ0v) is 14.9. The number of carbonyl (C=O) groups excluding carboxylic acids is 1. The van der Waals surface area contributed by atoms with Gasteiger partial charge in [-0.05, 0) is 77.0 Å². The number of anilines is 1. The molecule has 0 saturated carbocycles. The molecule has 3 rings (SSSR count). The number of aromatic amines is 2. The summed E-state index contributed by atoms with van der Waals surface area (Å²) in [5.74, 6) is 0.748. The van der Waals surface area contributed by atoms with Gasteiger partial charge in [-0.3, -0.25) is 9.69 Å². The standard InChI is InChI=1S/C18H27N5O2/c1-12(23-9-6-13(7-10-23)5-8-19-2)17(24)20-14-3-4-15-16(11-14)22-18(25)21-15/h3-4,11-13,19H,5-10H2,1-2H3,(H,20,24)(H2,21,22,25). The molecule has 2 aromatic rings. The number of benzene rings is 1. The fourth-order valence-electron chi connectivity index (χ4n) is 3.50. The van der Waals surface area contributed by atoms with Crippen molar-refractivity contribution in [3.63, 3.8) is 0 Å². The highest BCUT2D eigenvalue weighted by Crippen LogP contribution is 2.22. The normalized spacial score (nSPS) is 17.7. The van der Waals surface area contributed by atoms with Gasteiger partial charge in [-0.25, -0.2) is 4.79 Å². The number of likely N-dealkylation sites (tertiary alicyclic amines) is 1. The fraction of sp³-hybridized carbons (Fsp3) is 0.556. The van der Waals surface area contributed by atoms with E-state index < -0.39 is 0 Å². The van der Waals surface area contributed by atoms with E-state index in [-0.39, 0.29) is 17.6 Å². The number of aromatic nitrogens is 2. The zero-order chi connectivity index (χ0) is 17.8. The minimum atomic E-state index is -0.243. The number of piperidine rings is 1. The molecule has 1 aromatic heterocycles. The second-order valence-electron chi connectivity index (χ2n) is 6.88. The predicted octanol–water partition coefficient (Wildman–Crippen LogP) is 1.50. The topological polar surface area (TPSA) is 93.0 Å². The first-order valence-electron chi connectivity index (χ1n) is 8.98. The third kappa shape index (κ3) is 4.29. The summed E-state index contributed by atoms with van der Waals surface area (Å²) in [6.07, 6.45) is 3.51. The van der Waals surface area contributed by atoms with Gasteiger partial charge in [0, 0.05) is 5.69 Å². The first kappa shape index (κ1) is 17.7. The highest BCUT2D eigenvalue weighted by Gasteiger charge is 2.26. The molecule has 7 heteroatoms. The van der Waals surface area contributed by atoms with Crippen LogP contribution in [0.3, 0.4) is 0 Å². The first-order chi connectivity index (χ1) is 12.1. The van der Waals surface area contributed by atoms with E-state index in [0.717, 1.165) is 43.9 Å². The van der Waals surface area contributed by atoms with Crippen molar-refractivity contribution in [2.24, 2.45) is 5.92 Å². The van der Waals surface area contributed by atoms with Gasteiger partial charge in [0.05, 0.1) is 17.1 Å². The van der Waals surface area contributed by atoms with Crippen molar-refractivity contribution in [1.29, 1.82) is 0 Å². The Morgan fingerprint density at radius 3 is 2.72 bits per heavy atom. The monoisotopic (exact) mass is 345 g/mol. The minimum absolute atomic E-state index is 0.00842. The number of fused-ring (bicyclic) bond motifs is 1. The molecular formula is C18H27N5O2. The van der Waals surface area contributed by atoms with Crippen LogP contribution in [-0.4, -0.2) is 53.5 Å². The van der Waals surface area contributed by atoms with Gasteiger partial charge in [0.15, 0.2) is 0 Å². The molecule has 1 unspecified atom stereocenters. The van der Waals surface area contributed by atoms with Crippen LogP contribution in [0.15, 0.2) is 23.0 Å². The highest BCUT2D eigenvalue weighted by molar-refractivity contribution is 5.96. The van der Waals surface area contributed by atoms with Crippen molar-refractivity contribution in [3.05, 3.63) is 28.7 Å². The Hall–Kier alpha value is -2.12. The van der Waals surface area contributed by atoms with Crippen LogP contribution in [-0.2, 0) is 4.79 Å². The number of rotatable bonds is 6. The number of nitrogens with zero attached hydrogens (tertiary/aromatic N) is 1. The molecule has 25 heavy (non-hydrogen) atoms. The molecule has 0 aliphatic carbocycles. The molecule has 0 radical (unpaired) electrons. The number of hydrogen-bond donors (Lipinski definition) is 4. The SMILES string of the molecule is CNCCC1CCN(C(C)C(=O)Nc2ccc3[nH]c(=O)[nH]c3c2)CC1. The quantitative estimate of drug-likeness (QED) is 0.638. The summed E-state index contributed by atoms with van der Waals surface area (Å²) in [5, 5.41) is 6.17. The zero-order valence-electron chi connectivity index (χ0n) is 14.9. The summed E-state index contributed by atoms with van der Waals surface area (Å²) in [6, 6.07) is 5.22. The van der Waals surface area contributed by atoms with Crippen LogP contribution in [0.2, 0.25) is 0 Å². The van der Waals surface area contributed by atoms with Crippen LogP contribution < -0.4 is 16.3 Å². The highest BCUT2D eigenvalue weighted by atomic mass is 16.2. The van der Waals surface area contributed by atoms with Crippen LogP contribution in [0, 0.1) is 5.92 Å². The lowest BCUT2D eigenvalue weighted by Gasteiger charge is -2.35. The lowest BCUT2D eigenvalue weighted by Crippen LogP contribution is -2.46. The van der Waals surface area contributed by atoms with Crippen molar-refractivity contribution in [3.8, 4) is 0 Å². The van der Waals surface area contributed by atoms with Crippen molar-refractivity contribution < 1.29 is 4.79 Å². The van der Waals surface area contributed by atoms with E-state index in [1.165, 1.54) is 6.42 Å². The van der Waals surface area contributed by atoms with Crippen molar-refractivity contribution in [2.75, 3.05) is 32.0 Å².